The number of aromatic nitrogens is 1. The lowest BCUT2D eigenvalue weighted by molar-refractivity contribution is -0.135. The lowest BCUT2D eigenvalue weighted by Crippen LogP contribution is -2.41. The van der Waals surface area contributed by atoms with Gasteiger partial charge in [0.05, 0.1) is 13.2 Å². The van der Waals surface area contributed by atoms with Gasteiger partial charge in [0.25, 0.3) is 5.91 Å². The number of benzene rings is 2. The lowest BCUT2D eigenvalue weighted by Gasteiger charge is -2.26. The van der Waals surface area contributed by atoms with Gasteiger partial charge in [0, 0.05) is 60.2 Å². The van der Waals surface area contributed by atoms with Crippen LogP contribution in [0, 0.1) is 0 Å². The van der Waals surface area contributed by atoms with E-state index in [1.807, 2.05) is 18.2 Å². The molecule has 2 aromatic carbocycles. The van der Waals surface area contributed by atoms with Gasteiger partial charge in [0.2, 0.25) is 11.8 Å². The summed E-state index contributed by atoms with van der Waals surface area (Å²) in [6, 6.07) is 10.2. The molecule has 1 unspecified atom stereocenters. The van der Waals surface area contributed by atoms with Crippen LogP contribution in [0.3, 0.4) is 0 Å². The molecule has 3 aromatic rings. The molecule has 2 saturated heterocycles. The average molecular weight is 525 g/mol. The monoisotopic (exact) mass is 524 g/mol. The fourth-order valence-corrected chi connectivity index (χ4v) is 5.12. The van der Waals surface area contributed by atoms with E-state index in [0.717, 1.165) is 55.8 Å². The highest BCUT2D eigenvalue weighted by atomic mass is 35.5. The number of aromatic hydroxyl groups is 1. The van der Waals surface area contributed by atoms with Crippen molar-refractivity contribution in [1.29, 1.82) is 0 Å². The first-order valence-electron chi connectivity index (χ1n) is 12.4. The highest BCUT2D eigenvalue weighted by molar-refractivity contribution is 6.31. The molecule has 1 aromatic heterocycles. The standard InChI is InChI=1S/C27H29ClN4O5/c28-22-14-19(3-2-18(22)7-8-31-9-11-37-12-10-31)25(34)29-15-17-1-4-21-20(13-17)16-32(27(21)36)23-5-6-24(33)30-26(23)35/h1-4,13-14,16,23,36H,5-12,15H2,(H,29,34)(H,30,33,35). The summed E-state index contributed by atoms with van der Waals surface area (Å²) >= 11 is 6.48. The highest BCUT2D eigenvalue weighted by Gasteiger charge is 2.30. The number of amides is 3. The molecule has 37 heavy (non-hydrogen) atoms. The molecule has 0 saturated carbocycles. The molecule has 3 N–H and O–H groups in total. The Bertz CT molecular complexity index is 1350. The van der Waals surface area contributed by atoms with Crippen LogP contribution >= 0.6 is 11.6 Å². The number of ether oxygens (including phenoxy) is 1. The van der Waals surface area contributed by atoms with E-state index in [0.29, 0.717) is 22.4 Å². The summed E-state index contributed by atoms with van der Waals surface area (Å²) in [5.74, 6) is -0.987. The summed E-state index contributed by atoms with van der Waals surface area (Å²) in [6.45, 7) is 4.54. The molecule has 2 fully saturated rings. The number of carbonyl (C=O) groups is 3. The Morgan fingerprint density at radius 3 is 2.73 bits per heavy atom. The summed E-state index contributed by atoms with van der Waals surface area (Å²) in [4.78, 5) is 38.8. The largest absolute Gasteiger partial charge is 0.494 e. The number of imide groups is 1. The Hall–Kier alpha value is -3.40. The molecule has 5 rings (SSSR count). The van der Waals surface area contributed by atoms with E-state index in [4.69, 9.17) is 16.3 Å². The first kappa shape index (κ1) is 25.3. The normalized spacial score (nSPS) is 18.7. The minimum absolute atomic E-state index is 0.0246. The minimum Gasteiger partial charge on any atom is -0.494 e. The van der Waals surface area contributed by atoms with Gasteiger partial charge >= 0.3 is 0 Å². The van der Waals surface area contributed by atoms with Crippen LogP contribution in [0.1, 0.15) is 40.4 Å². The summed E-state index contributed by atoms with van der Waals surface area (Å²) in [5.41, 5.74) is 2.34. The maximum Gasteiger partial charge on any atom is 0.251 e. The van der Waals surface area contributed by atoms with Gasteiger partial charge in [-0.2, -0.15) is 0 Å². The van der Waals surface area contributed by atoms with E-state index in [1.165, 1.54) is 4.57 Å². The van der Waals surface area contributed by atoms with Gasteiger partial charge in [-0.15, -0.1) is 0 Å². The van der Waals surface area contributed by atoms with Crippen molar-refractivity contribution >= 4 is 40.1 Å². The molecule has 10 heteroatoms. The molecule has 0 spiro atoms. The van der Waals surface area contributed by atoms with Crippen molar-refractivity contribution in [2.45, 2.75) is 31.8 Å². The van der Waals surface area contributed by atoms with Crippen LogP contribution in [0.25, 0.3) is 10.8 Å². The molecule has 0 aliphatic carbocycles. The number of hydrogen-bond acceptors (Lipinski definition) is 6. The Balaban J connectivity index is 1.21. The van der Waals surface area contributed by atoms with E-state index in [-0.39, 0.29) is 30.7 Å². The van der Waals surface area contributed by atoms with E-state index < -0.39 is 11.9 Å². The lowest BCUT2D eigenvalue weighted by atomic mass is 10.1. The van der Waals surface area contributed by atoms with E-state index in [1.54, 1.807) is 24.4 Å². The van der Waals surface area contributed by atoms with E-state index in [9.17, 15) is 19.5 Å². The fourth-order valence-electron chi connectivity index (χ4n) is 4.85. The first-order valence-corrected chi connectivity index (χ1v) is 12.8. The summed E-state index contributed by atoms with van der Waals surface area (Å²) in [5, 5.41) is 17.8. The molecule has 9 nitrogen and oxygen atoms in total. The third-order valence-corrected chi connectivity index (χ3v) is 7.35. The smallest absolute Gasteiger partial charge is 0.251 e. The van der Waals surface area contributed by atoms with Crippen LogP contribution in [0.4, 0.5) is 0 Å². The van der Waals surface area contributed by atoms with E-state index in [2.05, 4.69) is 15.5 Å². The zero-order valence-electron chi connectivity index (χ0n) is 20.3. The van der Waals surface area contributed by atoms with Crippen molar-refractivity contribution in [3.63, 3.8) is 0 Å². The minimum atomic E-state index is -0.644. The van der Waals surface area contributed by atoms with Crippen molar-refractivity contribution in [2.24, 2.45) is 0 Å². The molecular formula is C27H29ClN4O5. The highest BCUT2D eigenvalue weighted by Crippen LogP contribution is 2.33. The second kappa shape index (κ2) is 10.9. The molecule has 3 amide bonds. The predicted octanol–water partition coefficient (Wildman–Crippen LogP) is 2.78. The Labute approximate surface area is 219 Å². The third kappa shape index (κ3) is 5.64. The third-order valence-electron chi connectivity index (χ3n) is 6.99. The maximum atomic E-state index is 12.8. The molecule has 2 aliphatic heterocycles. The van der Waals surface area contributed by atoms with Crippen LogP contribution in [0.15, 0.2) is 42.6 Å². The number of morpholine rings is 1. The van der Waals surface area contributed by atoms with Gasteiger partial charge in [-0.3, -0.25) is 24.6 Å². The molecule has 0 bridgehead atoms. The molecule has 0 radical (unpaired) electrons. The van der Waals surface area contributed by atoms with Gasteiger partial charge in [0.1, 0.15) is 6.04 Å². The van der Waals surface area contributed by atoms with E-state index >= 15 is 0 Å². The number of piperidine rings is 1. The average Bonchev–Trinajstić information content (AvgIpc) is 3.22. The number of nitrogens with one attached hydrogen (secondary N) is 2. The maximum absolute atomic E-state index is 12.8. The zero-order valence-corrected chi connectivity index (χ0v) is 21.1. The molecule has 194 valence electrons. The Morgan fingerprint density at radius 2 is 1.97 bits per heavy atom. The number of nitrogens with zero attached hydrogens (tertiary/aromatic N) is 2. The van der Waals surface area contributed by atoms with Crippen molar-refractivity contribution in [1.82, 2.24) is 20.1 Å². The van der Waals surface area contributed by atoms with Gasteiger partial charge in [-0.25, -0.2) is 0 Å². The van der Waals surface area contributed by atoms with Crippen molar-refractivity contribution in [3.05, 3.63) is 64.3 Å². The number of fused-ring (bicyclic) bond motifs is 1. The second-order valence-corrected chi connectivity index (χ2v) is 9.85. The van der Waals surface area contributed by atoms with Crippen molar-refractivity contribution in [2.75, 3.05) is 32.8 Å². The Kier molecular flexibility index (Phi) is 7.45. The zero-order chi connectivity index (χ0) is 25.9. The molecule has 1 atom stereocenters. The predicted molar refractivity (Wildman–Crippen MR) is 139 cm³/mol. The van der Waals surface area contributed by atoms with Gasteiger partial charge in [-0.1, -0.05) is 23.7 Å². The molecule has 2 aliphatic rings. The van der Waals surface area contributed by atoms with Crippen LogP contribution in [-0.2, 0) is 27.3 Å². The fraction of sp³-hybridized carbons (Fsp3) is 0.370. The van der Waals surface area contributed by atoms with Crippen LogP contribution in [0.2, 0.25) is 5.02 Å². The quantitative estimate of drug-likeness (QED) is 0.410. The number of carbonyl (C=O) groups excluding carboxylic acids is 3. The van der Waals surface area contributed by atoms with Gasteiger partial charge in [0.15, 0.2) is 5.88 Å². The van der Waals surface area contributed by atoms with Crippen molar-refractivity contribution < 1.29 is 24.2 Å². The second-order valence-electron chi connectivity index (χ2n) is 9.44. The number of rotatable bonds is 7. The summed E-state index contributed by atoms with van der Waals surface area (Å²) in [6.07, 6.45) is 3.06. The van der Waals surface area contributed by atoms with Crippen molar-refractivity contribution in [3.8, 4) is 5.88 Å². The molecular weight excluding hydrogens is 496 g/mol. The van der Waals surface area contributed by atoms with Crippen LogP contribution in [-0.4, -0.2) is 65.1 Å². The van der Waals surface area contributed by atoms with Crippen LogP contribution in [0.5, 0.6) is 5.88 Å². The Morgan fingerprint density at radius 1 is 1.16 bits per heavy atom. The van der Waals surface area contributed by atoms with Gasteiger partial charge < -0.3 is 19.7 Å². The topological polar surface area (TPSA) is 113 Å². The summed E-state index contributed by atoms with van der Waals surface area (Å²) in [7, 11) is 0. The van der Waals surface area contributed by atoms with Crippen LogP contribution < -0.4 is 10.6 Å². The summed E-state index contributed by atoms with van der Waals surface area (Å²) < 4.78 is 6.88. The van der Waals surface area contributed by atoms with Gasteiger partial charge in [-0.05, 0) is 48.2 Å². The number of hydrogen-bond donors (Lipinski definition) is 3. The molecule has 3 heterocycles. The first-order chi connectivity index (χ1) is 17.9. The number of halogens is 1. The SMILES string of the molecule is O=C1CCC(n2cc3cc(CNC(=O)c4ccc(CCN5CCOCC5)c(Cl)c4)ccc3c2O)C(=O)N1.